The van der Waals surface area contributed by atoms with Gasteiger partial charge in [0.15, 0.2) is 0 Å². The lowest BCUT2D eigenvalue weighted by molar-refractivity contribution is -0.109. The van der Waals surface area contributed by atoms with Gasteiger partial charge in [-0.05, 0) is 0 Å². The second-order valence-electron chi connectivity index (χ2n) is 1.04. The highest BCUT2D eigenvalue weighted by Crippen LogP contribution is 2.30. The quantitative estimate of drug-likeness (QED) is 0.407. The monoisotopic (exact) mass is 205 g/mol. The van der Waals surface area contributed by atoms with Gasteiger partial charge in [-0.15, -0.1) is 0 Å². The molecule has 0 rings (SSSR count). The third-order valence-corrected chi connectivity index (χ3v) is 1.69. The molecule has 0 heterocycles. The molecule has 0 bridgehead atoms. The minimum atomic E-state index is -3.20. The van der Waals surface area contributed by atoms with E-state index in [1.54, 1.807) is 7.05 Å². The fraction of sp³-hybridized carbons (Fsp3) is 0.500. The second kappa shape index (κ2) is 9.81. The van der Waals surface area contributed by atoms with Gasteiger partial charge in [-0.3, -0.25) is 13.9 Å². The lowest BCUT2D eigenvalue weighted by Gasteiger charge is -1.86. The Morgan fingerprint density at radius 2 is 1.64 bits per heavy atom. The molecule has 0 aromatic rings. The van der Waals surface area contributed by atoms with E-state index in [-0.39, 0.29) is 0 Å². The van der Waals surface area contributed by atoms with Crippen molar-refractivity contribution in [2.45, 2.75) is 0 Å². The average Bonchev–Trinajstić information content (AvgIpc) is 1.85. The Morgan fingerprint density at radius 3 is 1.64 bits per heavy atom. The molecule has 0 saturated heterocycles. The average molecular weight is 205 g/mol. The Bertz CT molecular complexity index is 136. The molecular formula is C2H9NO6P2. The summed E-state index contributed by atoms with van der Waals surface area (Å²) in [4.78, 5) is 24.5. The Kier molecular flexibility index (Phi) is 12.0. The maximum atomic E-state index is 9.44. The summed E-state index contributed by atoms with van der Waals surface area (Å²) in [6.07, 6.45) is 0.625. The largest absolute Gasteiger partial charge is 0.362 e. The first-order valence-electron chi connectivity index (χ1n) is 2.29. The Hall–Kier alpha value is -0.190. The van der Waals surface area contributed by atoms with E-state index < -0.39 is 16.5 Å². The highest BCUT2D eigenvalue weighted by atomic mass is 31.2. The Morgan fingerprint density at radius 1 is 1.36 bits per heavy atom. The van der Waals surface area contributed by atoms with E-state index in [2.05, 4.69) is 9.63 Å². The van der Waals surface area contributed by atoms with Gasteiger partial charge in [0.2, 0.25) is 6.41 Å². The maximum Gasteiger partial charge on any atom is 0.323 e. The van der Waals surface area contributed by atoms with Crippen molar-refractivity contribution in [3.05, 3.63) is 0 Å². The van der Waals surface area contributed by atoms with Crippen LogP contribution in [0.2, 0.25) is 0 Å². The molecular weight excluding hydrogens is 196 g/mol. The zero-order chi connectivity index (χ0) is 9.28. The molecule has 0 fully saturated rings. The summed E-state index contributed by atoms with van der Waals surface area (Å²) in [6.45, 7) is 0. The molecule has 11 heavy (non-hydrogen) atoms. The van der Waals surface area contributed by atoms with Gasteiger partial charge in [0.1, 0.15) is 0 Å². The highest BCUT2D eigenvalue weighted by Gasteiger charge is 1.93. The molecule has 2 atom stereocenters. The molecule has 0 radical (unpaired) electrons. The molecule has 68 valence electrons. The van der Waals surface area contributed by atoms with E-state index in [1.165, 1.54) is 0 Å². The van der Waals surface area contributed by atoms with Gasteiger partial charge in [0, 0.05) is 7.05 Å². The molecule has 0 aromatic carbocycles. The van der Waals surface area contributed by atoms with E-state index in [0.717, 1.165) is 0 Å². The smallest absolute Gasteiger partial charge is 0.323 e. The van der Waals surface area contributed by atoms with Gasteiger partial charge in [-0.1, -0.05) is 0 Å². The van der Waals surface area contributed by atoms with Crippen molar-refractivity contribution in [2.24, 2.45) is 0 Å². The molecule has 0 aromatic heterocycles. The maximum absolute atomic E-state index is 9.44. The van der Waals surface area contributed by atoms with Gasteiger partial charge in [-0.2, -0.15) is 0 Å². The molecule has 9 heteroatoms. The third kappa shape index (κ3) is 25.9. The topological polar surface area (TPSA) is 113 Å². The fourth-order valence-electron chi connectivity index (χ4n) is 0.0747. The van der Waals surface area contributed by atoms with Crippen LogP contribution < -0.4 is 5.32 Å². The van der Waals surface area contributed by atoms with Gasteiger partial charge in [0.05, 0.1) is 0 Å². The highest BCUT2D eigenvalue weighted by molar-refractivity contribution is 7.46. The lowest BCUT2D eigenvalue weighted by atomic mass is 11.2. The first kappa shape index (κ1) is 13.4. The van der Waals surface area contributed by atoms with E-state index in [1.807, 2.05) is 0 Å². The number of carbonyl (C=O) groups excluding carboxylic acids is 1. The van der Waals surface area contributed by atoms with Crippen LogP contribution in [-0.4, -0.2) is 23.2 Å². The summed E-state index contributed by atoms with van der Waals surface area (Å²) >= 11 is 0. The molecule has 0 saturated carbocycles. The number of rotatable bonds is 3. The standard InChI is InChI=1S/C2H5NO.H4O5P2/c1-3-2-4;1-6(2)5-7(3)4/h2H,1H3,(H,3,4);6-7H,(H,1,2)(H,3,4). The van der Waals surface area contributed by atoms with Crippen LogP contribution in [0.15, 0.2) is 0 Å². The first-order chi connectivity index (χ1) is 5.04. The number of hydrogen-bond acceptors (Lipinski definition) is 4. The summed E-state index contributed by atoms with van der Waals surface area (Å²) in [6, 6.07) is 0. The number of amides is 1. The van der Waals surface area contributed by atoms with Crippen LogP contribution in [-0.2, 0) is 18.2 Å². The van der Waals surface area contributed by atoms with Crippen LogP contribution in [0.5, 0.6) is 0 Å². The van der Waals surface area contributed by atoms with E-state index in [0.29, 0.717) is 6.41 Å². The van der Waals surface area contributed by atoms with Crippen molar-refractivity contribution in [1.29, 1.82) is 0 Å². The lowest BCUT2D eigenvalue weighted by Crippen LogP contribution is -1.98. The Balaban J connectivity index is 0. The van der Waals surface area contributed by atoms with Crippen LogP contribution in [0, 0.1) is 0 Å². The predicted molar refractivity (Wildman–Crippen MR) is 38.6 cm³/mol. The molecule has 0 aliphatic carbocycles. The fourth-order valence-corrected chi connectivity index (χ4v) is 0.672. The van der Waals surface area contributed by atoms with E-state index >= 15 is 0 Å². The van der Waals surface area contributed by atoms with Crippen LogP contribution in [0.1, 0.15) is 0 Å². The van der Waals surface area contributed by atoms with Crippen molar-refractivity contribution >= 4 is 22.9 Å². The molecule has 0 aliphatic rings. The SMILES string of the molecule is CNC=O.O=[PH](O)O[PH](=O)O. The molecule has 0 spiro atoms. The molecule has 3 N–H and O–H groups in total. The van der Waals surface area contributed by atoms with Gasteiger partial charge >= 0.3 is 16.5 Å². The summed E-state index contributed by atoms with van der Waals surface area (Å²) in [5.41, 5.74) is 0. The minimum Gasteiger partial charge on any atom is -0.362 e. The molecule has 1 amide bonds. The third-order valence-electron chi connectivity index (χ3n) is 0.292. The normalized spacial score (nSPS) is 13.7. The first-order valence-corrected chi connectivity index (χ1v) is 4.82. The molecule has 7 nitrogen and oxygen atoms in total. The van der Waals surface area contributed by atoms with Crippen molar-refractivity contribution in [2.75, 3.05) is 7.05 Å². The van der Waals surface area contributed by atoms with Crippen molar-refractivity contribution in [3.63, 3.8) is 0 Å². The summed E-state index contributed by atoms with van der Waals surface area (Å²) in [5, 5.41) is 2.25. The van der Waals surface area contributed by atoms with Gasteiger partial charge in [-0.25, -0.2) is 4.31 Å². The van der Waals surface area contributed by atoms with Crippen LogP contribution in [0.25, 0.3) is 0 Å². The van der Waals surface area contributed by atoms with E-state index in [4.69, 9.17) is 14.6 Å². The van der Waals surface area contributed by atoms with Crippen molar-refractivity contribution < 1.29 is 28.0 Å². The number of carbonyl (C=O) groups is 1. The van der Waals surface area contributed by atoms with Crippen LogP contribution >= 0.6 is 16.5 Å². The molecule has 2 unspecified atom stereocenters. The zero-order valence-electron chi connectivity index (χ0n) is 5.60. The van der Waals surface area contributed by atoms with Gasteiger partial charge in [0.25, 0.3) is 0 Å². The second-order valence-corrected chi connectivity index (χ2v) is 2.92. The van der Waals surface area contributed by atoms with Crippen LogP contribution in [0.4, 0.5) is 0 Å². The number of nitrogens with one attached hydrogen (secondary N) is 1. The predicted octanol–water partition coefficient (Wildman–Crippen LogP) is -0.871. The Labute approximate surface area is 64.3 Å². The minimum absolute atomic E-state index is 0.625. The zero-order valence-corrected chi connectivity index (χ0v) is 7.60. The summed E-state index contributed by atoms with van der Waals surface area (Å²) < 4.78 is 22.3. The van der Waals surface area contributed by atoms with E-state index in [9.17, 15) is 9.13 Å². The van der Waals surface area contributed by atoms with Crippen molar-refractivity contribution in [3.8, 4) is 0 Å². The summed E-state index contributed by atoms with van der Waals surface area (Å²) in [5.74, 6) is 0. The molecule has 0 aliphatic heterocycles. The van der Waals surface area contributed by atoms with Crippen molar-refractivity contribution in [1.82, 2.24) is 5.32 Å². The summed E-state index contributed by atoms with van der Waals surface area (Å²) in [7, 11) is -4.84. The van der Waals surface area contributed by atoms with Gasteiger partial charge < -0.3 is 15.1 Å². The van der Waals surface area contributed by atoms with Crippen LogP contribution in [0.3, 0.4) is 0 Å². The number of hydrogen-bond donors (Lipinski definition) is 3.